The predicted octanol–water partition coefficient (Wildman–Crippen LogP) is 3.39. The Bertz CT molecular complexity index is 760. The monoisotopic (exact) mass is 347 g/mol. The number of halogens is 1. The third-order valence-corrected chi connectivity index (χ3v) is 3.80. The zero-order chi connectivity index (χ0) is 17.7. The number of phenolic OH excluding ortho intramolecular Hbond substituents is 1. The van der Waals surface area contributed by atoms with E-state index >= 15 is 0 Å². The lowest BCUT2D eigenvalue weighted by Crippen LogP contribution is -2.31. The first-order valence-electron chi connectivity index (χ1n) is 7.39. The van der Waals surface area contributed by atoms with Crippen molar-refractivity contribution in [3.63, 3.8) is 0 Å². The largest absolute Gasteiger partial charge is 0.507 e. The van der Waals surface area contributed by atoms with E-state index in [-0.39, 0.29) is 17.4 Å². The molecule has 0 aromatic heterocycles. The van der Waals surface area contributed by atoms with Gasteiger partial charge in [-0.2, -0.15) is 0 Å². The Kier molecular flexibility index (Phi) is 5.82. The minimum Gasteiger partial charge on any atom is -0.507 e. The molecule has 1 amide bonds. The van der Waals surface area contributed by atoms with Gasteiger partial charge in [0.25, 0.3) is 5.91 Å². The van der Waals surface area contributed by atoms with E-state index < -0.39 is 18.5 Å². The van der Waals surface area contributed by atoms with Gasteiger partial charge in [-0.05, 0) is 43.2 Å². The molecular formula is C18H18ClNO4. The molecule has 126 valence electrons. The highest BCUT2D eigenvalue weighted by atomic mass is 35.5. The molecule has 2 rings (SSSR count). The van der Waals surface area contributed by atoms with Gasteiger partial charge in [-0.1, -0.05) is 35.9 Å². The average Bonchev–Trinajstić information content (AvgIpc) is 2.53. The molecule has 0 spiro atoms. The van der Waals surface area contributed by atoms with Crippen LogP contribution in [0.1, 0.15) is 34.5 Å². The smallest absolute Gasteiger partial charge is 0.342 e. The summed E-state index contributed by atoms with van der Waals surface area (Å²) >= 11 is 6.08. The summed E-state index contributed by atoms with van der Waals surface area (Å²) in [7, 11) is 0. The number of hydrogen-bond donors (Lipinski definition) is 2. The second kappa shape index (κ2) is 7.84. The summed E-state index contributed by atoms with van der Waals surface area (Å²) in [5, 5.41) is 13.0. The summed E-state index contributed by atoms with van der Waals surface area (Å²) in [6, 6.07) is 11.4. The molecule has 0 aliphatic rings. The number of esters is 1. The van der Waals surface area contributed by atoms with Gasteiger partial charge in [-0.15, -0.1) is 0 Å². The van der Waals surface area contributed by atoms with Crippen LogP contribution in [0, 0.1) is 6.92 Å². The maximum atomic E-state index is 11.9. The van der Waals surface area contributed by atoms with Gasteiger partial charge in [0.05, 0.1) is 6.04 Å². The van der Waals surface area contributed by atoms with E-state index in [1.54, 1.807) is 32.0 Å². The quantitative estimate of drug-likeness (QED) is 0.813. The molecule has 6 heteroatoms. The molecule has 0 unspecified atom stereocenters. The summed E-state index contributed by atoms with van der Waals surface area (Å²) < 4.78 is 4.93. The maximum Gasteiger partial charge on any atom is 0.342 e. The summed E-state index contributed by atoms with van der Waals surface area (Å²) in [6.45, 7) is 3.13. The molecule has 0 radical (unpaired) electrons. The van der Waals surface area contributed by atoms with Crippen molar-refractivity contribution < 1.29 is 19.4 Å². The van der Waals surface area contributed by atoms with Crippen LogP contribution in [0.15, 0.2) is 42.5 Å². The van der Waals surface area contributed by atoms with Crippen LogP contribution in [0.5, 0.6) is 5.75 Å². The Morgan fingerprint density at radius 2 is 1.96 bits per heavy atom. The Hall–Kier alpha value is -2.53. The number of hydrogen-bond acceptors (Lipinski definition) is 4. The van der Waals surface area contributed by atoms with Gasteiger partial charge in [0.2, 0.25) is 0 Å². The highest BCUT2D eigenvalue weighted by molar-refractivity contribution is 6.31. The van der Waals surface area contributed by atoms with Gasteiger partial charge in [0.15, 0.2) is 6.61 Å². The molecule has 0 aliphatic heterocycles. The van der Waals surface area contributed by atoms with Crippen molar-refractivity contribution in [2.75, 3.05) is 6.61 Å². The van der Waals surface area contributed by atoms with Crippen molar-refractivity contribution in [3.8, 4) is 5.75 Å². The van der Waals surface area contributed by atoms with Crippen molar-refractivity contribution in [1.29, 1.82) is 0 Å². The molecular weight excluding hydrogens is 330 g/mol. The molecule has 0 heterocycles. The second-order valence-corrected chi connectivity index (χ2v) is 5.81. The maximum absolute atomic E-state index is 11.9. The van der Waals surface area contributed by atoms with Crippen molar-refractivity contribution in [3.05, 3.63) is 64.2 Å². The number of rotatable bonds is 5. The van der Waals surface area contributed by atoms with Gasteiger partial charge >= 0.3 is 5.97 Å². The van der Waals surface area contributed by atoms with E-state index in [2.05, 4.69) is 5.32 Å². The number of aryl methyl sites for hydroxylation is 1. The van der Waals surface area contributed by atoms with E-state index in [4.69, 9.17) is 16.3 Å². The number of carbonyl (C=O) groups is 2. The highest BCUT2D eigenvalue weighted by Gasteiger charge is 2.16. The van der Waals surface area contributed by atoms with E-state index in [1.165, 1.54) is 12.1 Å². The molecule has 0 aliphatic carbocycles. The standard InChI is InChI=1S/C18H18ClNO4/c1-11-7-8-14(16(21)9-11)18(23)24-10-17(22)20-12(2)13-5-3-4-6-15(13)19/h3-9,12,21H,10H2,1-2H3,(H,20,22)/t12-/m0/s1. The van der Waals surface area contributed by atoms with Crippen molar-refractivity contribution in [1.82, 2.24) is 5.32 Å². The molecule has 1 atom stereocenters. The van der Waals surface area contributed by atoms with Crippen molar-refractivity contribution in [2.45, 2.75) is 19.9 Å². The third-order valence-electron chi connectivity index (χ3n) is 3.46. The first-order valence-corrected chi connectivity index (χ1v) is 7.77. The average molecular weight is 348 g/mol. The first-order chi connectivity index (χ1) is 11.4. The Balaban J connectivity index is 1.91. The third kappa shape index (κ3) is 4.49. The Morgan fingerprint density at radius 1 is 1.25 bits per heavy atom. The number of benzene rings is 2. The van der Waals surface area contributed by atoms with Crippen molar-refractivity contribution in [2.24, 2.45) is 0 Å². The molecule has 2 aromatic rings. The second-order valence-electron chi connectivity index (χ2n) is 5.41. The van der Waals surface area contributed by atoms with Crippen LogP contribution in [0.25, 0.3) is 0 Å². The zero-order valence-corrected chi connectivity index (χ0v) is 14.1. The lowest BCUT2D eigenvalue weighted by molar-refractivity contribution is -0.124. The fraction of sp³-hybridized carbons (Fsp3) is 0.222. The molecule has 0 saturated carbocycles. The van der Waals surface area contributed by atoms with Crippen LogP contribution in [-0.2, 0) is 9.53 Å². The first kappa shape index (κ1) is 17.8. The van der Waals surface area contributed by atoms with Crippen LogP contribution >= 0.6 is 11.6 Å². The van der Waals surface area contributed by atoms with Crippen LogP contribution in [-0.4, -0.2) is 23.6 Å². The van der Waals surface area contributed by atoms with E-state index in [9.17, 15) is 14.7 Å². The van der Waals surface area contributed by atoms with Gasteiger partial charge < -0.3 is 15.2 Å². The summed E-state index contributed by atoms with van der Waals surface area (Å²) in [4.78, 5) is 23.8. The predicted molar refractivity (Wildman–Crippen MR) is 91.1 cm³/mol. The minimum absolute atomic E-state index is 0.0209. The normalized spacial score (nSPS) is 11.6. The molecule has 0 fully saturated rings. The van der Waals surface area contributed by atoms with Gasteiger partial charge in [0, 0.05) is 5.02 Å². The molecule has 24 heavy (non-hydrogen) atoms. The fourth-order valence-electron chi connectivity index (χ4n) is 2.21. The number of amides is 1. The highest BCUT2D eigenvalue weighted by Crippen LogP contribution is 2.22. The fourth-order valence-corrected chi connectivity index (χ4v) is 2.51. The van der Waals surface area contributed by atoms with Crippen LogP contribution in [0.4, 0.5) is 0 Å². The number of aromatic hydroxyl groups is 1. The van der Waals surface area contributed by atoms with Gasteiger partial charge in [-0.3, -0.25) is 4.79 Å². The molecule has 2 aromatic carbocycles. The Morgan fingerprint density at radius 3 is 2.62 bits per heavy atom. The van der Waals surface area contributed by atoms with E-state index in [0.717, 1.165) is 11.1 Å². The summed E-state index contributed by atoms with van der Waals surface area (Å²) in [6.07, 6.45) is 0. The molecule has 0 saturated heterocycles. The van der Waals surface area contributed by atoms with Crippen LogP contribution < -0.4 is 5.32 Å². The topological polar surface area (TPSA) is 75.6 Å². The van der Waals surface area contributed by atoms with Gasteiger partial charge in [0.1, 0.15) is 11.3 Å². The number of carbonyl (C=O) groups excluding carboxylic acids is 2. The lowest BCUT2D eigenvalue weighted by atomic mass is 10.1. The molecule has 0 bridgehead atoms. The SMILES string of the molecule is Cc1ccc(C(=O)OCC(=O)N[C@@H](C)c2ccccc2Cl)c(O)c1. The minimum atomic E-state index is -0.756. The molecule has 5 nitrogen and oxygen atoms in total. The van der Waals surface area contributed by atoms with Crippen molar-refractivity contribution >= 4 is 23.5 Å². The zero-order valence-electron chi connectivity index (χ0n) is 13.4. The number of ether oxygens (including phenoxy) is 1. The number of nitrogens with one attached hydrogen (secondary N) is 1. The Labute approximate surface area is 145 Å². The van der Waals surface area contributed by atoms with E-state index in [1.807, 2.05) is 12.1 Å². The number of phenols is 1. The molecule has 2 N–H and O–H groups in total. The van der Waals surface area contributed by atoms with Gasteiger partial charge in [-0.25, -0.2) is 4.79 Å². The summed E-state index contributed by atoms with van der Waals surface area (Å²) in [5.74, 6) is -1.39. The summed E-state index contributed by atoms with van der Waals surface area (Å²) in [5.41, 5.74) is 1.61. The van der Waals surface area contributed by atoms with Crippen LogP contribution in [0.3, 0.4) is 0 Å². The lowest BCUT2D eigenvalue weighted by Gasteiger charge is -2.15. The van der Waals surface area contributed by atoms with E-state index in [0.29, 0.717) is 5.02 Å². The van der Waals surface area contributed by atoms with Crippen LogP contribution in [0.2, 0.25) is 5.02 Å².